The van der Waals surface area contributed by atoms with Crippen LogP contribution < -0.4 is 14.2 Å². The van der Waals surface area contributed by atoms with Gasteiger partial charge in [0.05, 0.1) is 24.6 Å². The Kier molecular flexibility index (Phi) is 6.24. The summed E-state index contributed by atoms with van der Waals surface area (Å²) in [5, 5.41) is 0. The molecule has 2 rings (SSSR count). The quantitative estimate of drug-likeness (QED) is 0.570. The van der Waals surface area contributed by atoms with E-state index in [0.29, 0.717) is 11.5 Å². The molecule has 0 amide bonds. The van der Waals surface area contributed by atoms with Gasteiger partial charge >= 0.3 is 5.97 Å². The van der Waals surface area contributed by atoms with E-state index < -0.39 is 16.0 Å². The number of para-hydroxylation sites is 1. The smallest absolute Gasteiger partial charge is 0.340 e. The minimum absolute atomic E-state index is 0.0259. The molecule has 2 aromatic rings. The molecule has 0 saturated carbocycles. The van der Waals surface area contributed by atoms with E-state index >= 15 is 0 Å². The predicted molar refractivity (Wildman–Crippen MR) is 93.7 cm³/mol. The van der Waals surface area contributed by atoms with Crippen LogP contribution in [0, 0.1) is 0 Å². The van der Waals surface area contributed by atoms with Gasteiger partial charge in [-0.1, -0.05) is 12.1 Å². The van der Waals surface area contributed by atoms with Crippen molar-refractivity contribution < 1.29 is 27.4 Å². The van der Waals surface area contributed by atoms with Gasteiger partial charge in [0, 0.05) is 0 Å². The maximum atomic E-state index is 12.1. The molecule has 0 saturated heterocycles. The summed E-state index contributed by atoms with van der Waals surface area (Å²) < 4.78 is 40.6. The minimum atomic E-state index is -3.49. The first-order chi connectivity index (χ1) is 11.9. The Morgan fingerprint density at radius 3 is 2.28 bits per heavy atom. The van der Waals surface area contributed by atoms with Crippen molar-refractivity contribution in [2.45, 2.75) is 0 Å². The van der Waals surface area contributed by atoms with Crippen molar-refractivity contribution in [3.05, 3.63) is 54.1 Å². The number of carbonyl (C=O) groups is 1. The number of rotatable bonds is 8. The van der Waals surface area contributed by atoms with E-state index in [-0.39, 0.29) is 24.5 Å². The lowest BCUT2D eigenvalue weighted by atomic mass is 10.2. The van der Waals surface area contributed by atoms with Crippen LogP contribution in [0.15, 0.2) is 48.5 Å². The van der Waals surface area contributed by atoms with Gasteiger partial charge in [0.1, 0.15) is 24.7 Å². The van der Waals surface area contributed by atoms with Crippen LogP contribution in [0.1, 0.15) is 10.4 Å². The molecule has 7 nitrogen and oxygen atoms in total. The zero-order valence-corrected chi connectivity index (χ0v) is 14.7. The predicted octanol–water partition coefficient (Wildman–Crippen LogP) is 2.30. The molecular formula is C17H19NO6S. The van der Waals surface area contributed by atoms with Crippen molar-refractivity contribution in [1.29, 1.82) is 0 Å². The van der Waals surface area contributed by atoms with E-state index in [2.05, 4.69) is 4.72 Å². The highest BCUT2D eigenvalue weighted by Crippen LogP contribution is 2.18. The van der Waals surface area contributed by atoms with Gasteiger partial charge in [0.15, 0.2) is 0 Å². The molecule has 0 aliphatic rings. The summed E-state index contributed by atoms with van der Waals surface area (Å²) >= 11 is 0. The summed E-state index contributed by atoms with van der Waals surface area (Å²) in [6.07, 6.45) is 1.01. The van der Waals surface area contributed by atoms with Crippen LogP contribution in [0.25, 0.3) is 0 Å². The second-order valence-electron chi connectivity index (χ2n) is 5.08. The first kappa shape index (κ1) is 18.6. The van der Waals surface area contributed by atoms with Gasteiger partial charge in [-0.3, -0.25) is 4.72 Å². The number of methoxy groups -OCH3 is 1. The van der Waals surface area contributed by atoms with Crippen LogP contribution in [0.2, 0.25) is 0 Å². The van der Waals surface area contributed by atoms with E-state index in [9.17, 15) is 13.2 Å². The minimum Gasteiger partial charge on any atom is -0.497 e. The lowest BCUT2D eigenvalue weighted by Gasteiger charge is -2.11. The van der Waals surface area contributed by atoms with Crippen LogP contribution in [0.5, 0.6) is 11.5 Å². The fourth-order valence-corrected chi connectivity index (χ4v) is 2.57. The van der Waals surface area contributed by atoms with E-state index in [1.54, 1.807) is 43.5 Å². The molecule has 0 aromatic heterocycles. The zero-order valence-electron chi connectivity index (χ0n) is 13.9. The molecule has 0 aliphatic heterocycles. The van der Waals surface area contributed by atoms with E-state index in [0.717, 1.165) is 6.26 Å². The normalized spacial score (nSPS) is 10.8. The number of hydrogen-bond donors (Lipinski definition) is 1. The van der Waals surface area contributed by atoms with E-state index in [1.807, 2.05) is 0 Å². The fourth-order valence-electron chi connectivity index (χ4n) is 1.99. The Balaban J connectivity index is 1.88. The van der Waals surface area contributed by atoms with Crippen molar-refractivity contribution in [3.63, 3.8) is 0 Å². The second kappa shape index (κ2) is 8.39. The zero-order chi connectivity index (χ0) is 18.3. The average Bonchev–Trinajstić information content (AvgIpc) is 2.58. The summed E-state index contributed by atoms with van der Waals surface area (Å²) in [6.45, 7) is 0.192. The summed E-state index contributed by atoms with van der Waals surface area (Å²) in [5.74, 6) is 0.704. The highest BCUT2D eigenvalue weighted by atomic mass is 32.2. The first-order valence-electron chi connectivity index (χ1n) is 7.40. The number of esters is 1. The number of benzene rings is 2. The summed E-state index contributed by atoms with van der Waals surface area (Å²) in [4.78, 5) is 12.1. The van der Waals surface area contributed by atoms with Crippen molar-refractivity contribution in [3.8, 4) is 11.5 Å². The van der Waals surface area contributed by atoms with Gasteiger partial charge in [-0.25, -0.2) is 13.2 Å². The Hall–Kier alpha value is -2.74. The SMILES string of the molecule is COc1ccc(OCCOC(=O)c2ccccc2NS(C)(=O)=O)cc1. The molecule has 2 aromatic carbocycles. The Morgan fingerprint density at radius 1 is 1.00 bits per heavy atom. The summed E-state index contributed by atoms with van der Waals surface area (Å²) in [7, 11) is -1.92. The molecule has 0 radical (unpaired) electrons. The lowest BCUT2D eigenvalue weighted by Crippen LogP contribution is -2.16. The second-order valence-corrected chi connectivity index (χ2v) is 6.83. The third kappa shape index (κ3) is 6.00. The largest absolute Gasteiger partial charge is 0.497 e. The van der Waals surface area contributed by atoms with E-state index in [1.165, 1.54) is 12.1 Å². The third-order valence-electron chi connectivity index (χ3n) is 3.09. The number of nitrogens with one attached hydrogen (secondary N) is 1. The van der Waals surface area contributed by atoms with E-state index in [4.69, 9.17) is 14.2 Å². The molecule has 0 unspecified atom stereocenters. The number of carbonyl (C=O) groups excluding carboxylic acids is 1. The average molecular weight is 365 g/mol. The Labute approximate surface area is 146 Å². The Morgan fingerprint density at radius 2 is 1.64 bits per heavy atom. The first-order valence-corrected chi connectivity index (χ1v) is 9.29. The number of ether oxygens (including phenoxy) is 3. The third-order valence-corrected chi connectivity index (χ3v) is 3.68. The summed E-state index contributed by atoms with van der Waals surface area (Å²) in [6, 6.07) is 13.2. The maximum Gasteiger partial charge on any atom is 0.340 e. The van der Waals surface area contributed by atoms with Gasteiger partial charge in [-0.2, -0.15) is 0 Å². The van der Waals surface area contributed by atoms with Crippen molar-refractivity contribution in [1.82, 2.24) is 0 Å². The number of anilines is 1. The molecule has 0 atom stereocenters. The molecule has 0 spiro atoms. The van der Waals surface area contributed by atoms with Crippen LogP contribution in [-0.4, -0.2) is 41.0 Å². The van der Waals surface area contributed by atoms with Gasteiger partial charge in [-0.15, -0.1) is 0 Å². The van der Waals surface area contributed by atoms with Crippen LogP contribution in [-0.2, 0) is 14.8 Å². The molecule has 0 bridgehead atoms. The van der Waals surface area contributed by atoms with Crippen LogP contribution >= 0.6 is 0 Å². The van der Waals surface area contributed by atoms with Gasteiger partial charge < -0.3 is 14.2 Å². The lowest BCUT2D eigenvalue weighted by molar-refractivity contribution is 0.0451. The molecule has 0 fully saturated rings. The topological polar surface area (TPSA) is 90.9 Å². The molecule has 25 heavy (non-hydrogen) atoms. The number of sulfonamides is 1. The fraction of sp³-hybridized carbons (Fsp3) is 0.235. The molecule has 0 aliphatic carbocycles. The maximum absolute atomic E-state index is 12.1. The van der Waals surface area contributed by atoms with Gasteiger partial charge in [0.2, 0.25) is 10.0 Å². The monoisotopic (exact) mass is 365 g/mol. The molecular weight excluding hydrogens is 346 g/mol. The van der Waals surface area contributed by atoms with Gasteiger partial charge in [0.25, 0.3) is 0 Å². The molecule has 134 valence electrons. The highest BCUT2D eigenvalue weighted by Gasteiger charge is 2.14. The number of hydrogen-bond acceptors (Lipinski definition) is 6. The van der Waals surface area contributed by atoms with Crippen molar-refractivity contribution in [2.24, 2.45) is 0 Å². The van der Waals surface area contributed by atoms with Gasteiger partial charge in [-0.05, 0) is 36.4 Å². The van der Waals surface area contributed by atoms with Crippen molar-refractivity contribution in [2.75, 3.05) is 31.3 Å². The molecule has 1 N–H and O–H groups in total. The standard InChI is InChI=1S/C17H19NO6S/c1-22-13-7-9-14(10-8-13)23-11-12-24-17(19)15-5-3-4-6-16(15)18-25(2,20)21/h3-10,18H,11-12H2,1-2H3. The van der Waals surface area contributed by atoms with Crippen molar-refractivity contribution >= 4 is 21.7 Å². The summed E-state index contributed by atoms with van der Waals surface area (Å²) in [5.41, 5.74) is 0.309. The Bertz CT molecular complexity index is 817. The van der Waals surface area contributed by atoms with Crippen LogP contribution in [0.3, 0.4) is 0 Å². The molecule has 0 heterocycles. The highest BCUT2D eigenvalue weighted by molar-refractivity contribution is 7.92. The van der Waals surface area contributed by atoms with Crippen LogP contribution in [0.4, 0.5) is 5.69 Å². The molecule has 8 heteroatoms.